The first-order valence-electron chi connectivity index (χ1n) is 16.4. The number of hydrogen-bond donors (Lipinski definition) is 1. The van der Waals surface area contributed by atoms with Crippen LogP contribution in [0.1, 0.15) is 45.7 Å². The van der Waals surface area contributed by atoms with E-state index >= 15 is 0 Å². The fraction of sp³-hybridized carbons (Fsp3) is 0.308. The molecule has 1 aliphatic carbocycles. The Balaban J connectivity index is 0.984. The molecule has 1 N–H and O–H groups in total. The van der Waals surface area contributed by atoms with Gasteiger partial charge in [-0.05, 0) is 69.1 Å². The van der Waals surface area contributed by atoms with Gasteiger partial charge in [0.05, 0.1) is 13.2 Å². The summed E-state index contributed by atoms with van der Waals surface area (Å²) in [5, 5.41) is 9.41. The van der Waals surface area contributed by atoms with Gasteiger partial charge in [0.25, 0.3) is 5.91 Å². The van der Waals surface area contributed by atoms with E-state index in [0.717, 1.165) is 59.8 Å². The third-order valence-corrected chi connectivity index (χ3v) is 9.66. The molecule has 4 aromatic rings. The molecule has 0 spiro atoms. The second kappa shape index (κ2) is 12.9. The van der Waals surface area contributed by atoms with Crippen molar-refractivity contribution in [2.24, 2.45) is 0 Å². The van der Waals surface area contributed by atoms with Gasteiger partial charge in [0.2, 0.25) is 13.1 Å². The van der Waals surface area contributed by atoms with E-state index in [0.29, 0.717) is 31.9 Å². The summed E-state index contributed by atoms with van der Waals surface area (Å²) in [5.41, 5.74) is 9.40. The van der Waals surface area contributed by atoms with Gasteiger partial charge < -0.3 is 29.0 Å². The van der Waals surface area contributed by atoms with E-state index in [1.54, 1.807) is 0 Å². The molecule has 1 amide bonds. The SMILES string of the molecule is O=C(C1=C[C@@H](c2ccc3c(c2)-c2ccccc2C3)C[C@@H](OCc2ccc(CO)cc2)O1)N1CCN(Cc2ccc3c(c2)OCO3)CC1. The minimum atomic E-state index is -0.575. The summed E-state index contributed by atoms with van der Waals surface area (Å²) in [7, 11) is 0. The number of carbonyl (C=O) groups is 1. The zero-order valence-electron chi connectivity index (χ0n) is 26.3. The van der Waals surface area contributed by atoms with E-state index in [2.05, 4.69) is 53.4 Å². The molecule has 0 aromatic heterocycles. The first-order valence-corrected chi connectivity index (χ1v) is 16.4. The van der Waals surface area contributed by atoms with Crippen molar-refractivity contribution in [2.45, 2.75) is 44.8 Å². The smallest absolute Gasteiger partial charge is 0.288 e. The van der Waals surface area contributed by atoms with Crippen LogP contribution in [0.2, 0.25) is 0 Å². The lowest BCUT2D eigenvalue weighted by Crippen LogP contribution is -2.49. The molecule has 0 bridgehead atoms. The molecule has 8 heteroatoms. The van der Waals surface area contributed by atoms with Gasteiger partial charge in [0.1, 0.15) is 0 Å². The van der Waals surface area contributed by atoms with Crippen molar-refractivity contribution in [3.05, 3.63) is 130 Å². The summed E-state index contributed by atoms with van der Waals surface area (Å²) in [6, 6.07) is 29.1. The number of benzene rings is 4. The molecule has 1 fully saturated rings. The maximum atomic E-state index is 14.0. The predicted octanol–water partition coefficient (Wildman–Crippen LogP) is 5.75. The van der Waals surface area contributed by atoms with Gasteiger partial charge in [-0.15, -0.1) is 0 Å². The Labute approximate surface area is 274 Å². The number of nitrogens with zero attached hydrogens (tertiary/aromatic N) is 2. The second-order valence-corrected chi connectivity index (χ2v) is 12.7. The zero-order chi connectivity index (χ0) is 31.7. The summed E-state index contributed by atoms with van der Waals surface area (Å²) in [6.07, 6.45) is 2.98. The molecule has 47 heavy (non-hydrogen) atoms. The quantitative estimate of drug-likeness (QED) is 0.234. The predicted molar refractivity (Wildman–Crippen MR) is 177 cm³/mol. The number of fused-ring (bicyclic) bond motifs is 4. The van der Waals surface area contributed by atoms with Crippen LogP contribution in [0.15, 0.2) is 96.8 Å². The van der Waals surface area contributed by atoms with Gasteiger partial charge in [-0.2, -0.15) is 0 Å². The Morgan fingerprint density at radius 3 is 2.43 bits per heavy atom. The van der Waals surface area contributed by atoms with Crippen LogP contribution in [0, 0.1) is 0 Å². The van der Waals surface area contributed by atoms with E-state index in [1.165, 1.54) is 22.3 Å². The van der Waals surface area contributed by atoms with Gasteiger partial charge in [-0.1, -0.05) is 72.8 Å². The molecule has 0 radical (unpaired) electrons. The maximum absolute atomic E-state index is 14.0. The highest BCUT2D eigenvalue weighted by Crippen LogP contribution is 2.40. The Hall–Kier alpha value is -4.63. The van der Waals surface area contributed by atoms with Crippen molar-refractivity contribution < 1.29 is 28.8 Å². The van der Waals surface area contributed by atoms with Crippen molar-refractivity contribution >= 4 is 5.91 Å². The number of carbonyl (C=O) groups excluding carboxylic acids is 1. The molecule has 3 heterocycles. The van der Waals surface area contributed by atoms with E-state index < -0.39 is 6.29 Å². The van der Waals surface area contributed by atoms with E-state index in [9.17, 15) is 9.90 Å². The van der Waals surface area contributed by atoms with Crippen LogP contribution in [0.4, 0.5) is 0 Å². The van der Waals surface area contributed by atoms with Crippen molar-refractivity contribution in [1.82, 2.24) is 9.80 Å². The molecular formula is C39H38N2O6. The lowest BCUT2D eigenvalue weighted by atomic mass is 9.90. The van der Waals surface area contributed by atoms with Crippen LogP contribution < -0.4 is 9.47 Å². The van der Waals surface area contributed by atoms with Crippen molar-refractivity contribution in [3.63, 3.8) is 0 Å². The van der Waals surface area contributed by atoms with Crippen LogP contribution in [0.25, 0.3) is 11.1 Å². The van der Waals surface area contributed by atoms with Gasteiger partial charge in [0.15, 0.2) is 17.3 Å². The molecule has 2 atom stereocenters. The Morgan fingerprint density at radius 2 is 1.57 bits per heavy atom. The minimum absolute atomic E-state index is 0.00273. The molecule has 4 aliphatic rings. The first-order chi connectivity index (χ1) is 23.1. The average molecular weight is 631 g/mol. The molecule has 3 aliphatic heterocycles. The monoisotopic (exact) mass is 630 g/mol. The molecule has 8 nitrogen and oxygen atoms in total. The Morgan fingerprint density at radius 1 is 0.809 bits per heavy atom. The Kier molecular flexibility index (Phi) is 8.15. The standard InChI is InChI=1S/C39H38N2O6/c42-23-26-5-7-27(8-6-26)24-44-38-21-32(29-10-11-31-18-30-3-1-2-4-33(30)34(31)19-29)20-37(47-38)39(43)41-15-13-40(14-16-41)22-28-9-12-35-36(17-28)46-25-45-35/h1-12,17,19-20,32,38,42H,13-16,18,21-25H2/t32-,38+/m1/s1. The molecule has 0 saturated carbocycles. The highest BCUT2D eigenvalue weighted by molar-refractivity contribution is 5.92. The van der Waals surface area contributed by atoms with Crippen LogP contribution in [0.3, 0.4) is 0 Å². The van der Waals surface area contributed by atoms with Crippen LogP contribution in [0.5, 0.6) is 11.5 Å². The summed E-state index contributed by atoms with van der Waals surface area (Å²) in [6.45, 7) is 4.18. The first kappa shape index (κ1) is 29.8. The average Bonchev–Trinajstić information content (AvgIpc) is 3.75. The zero-order valence-corrected chi connectivity index (χ0v) is 26.3. The summed E-state index contributed by atoms with van der Waals surface area (Å²) >= 11 is 0. The summed E-state index contributed by atoms with van der Waals surface area (Å²) in [4.78, 5) is 18.2. The number of piperazine rings is 1. The topological polar surface area (TPSA) is 80.7 Å². The fourth-order valence-corrected chi connectivity index (χ4v) is 7.01. The highest BCUT2D eigenvalue weighted by Gasteiger charge is 2.33. The number of aliphatic hydroxyl groups is 1. The largest absolute Gasteiger partial charge is 0.459 e. The lowest BCUT2D eigenvalue weighted by molar-refractivity contribution is -0.157. The van der Waals surface area contributed by atoms with Gasteiger partial charge in [-0.25, -0.2) is 0 Å². The third kappa shape index (κ3) is 6.24. The van der Waals surface area contributed by atoms with E-state index in [4.69, 9.17) is 18.9 Å². The van der Waals surface area contributed by atoms with Crippen LogP contribution >= 0.6 is 0 Å². The van der Waals surface area contributed by atoms with Crippen LogP contribution in [-0.2, 0) is 40.4 Å². The molecule has 8 rings (SSSR count). The number of rotatable bonds is 8. The molecule has 0 unspecified atom stereocenters. The minimum Gasteiger partial charge on any atom is -0.459 e. The molecule has 4 aromatic carbocycles. The molecular weight excluding hydrogens is 592 g/mol. The third-order valence-electron chi connectivity index (χ3n) is 9.66. The number of aliphatic hydroxyl groups excluding tert-OH is 1. The number of ether oxygens (including phenoxy) is 4. The van der Waals surface area contributed by atoms with Gasteiger partial charge in [0, 0.05) is 45.1 Å². The fourth-order valence-electron chi connectivity index (χ4n) is 7.01. The summed E-state index contributed by atoms with van der Waals surface area (Å²) < 4.78 is 23.6. The molecule has 240 valence electrons. The van der Waals surface area contributed by atoms with Gasteiger partial charge in [-0.3, -0.25) is 9.69 Å². The Bertz CT molecular complexity index is 1810. The molecule has 1 saturated heterocycles. The van der Waals surface area contributed by atoms with E-state index in [-0.39, 0.29) is 25.2 Å². The lowest BCUT2D eigenvalue weighted by Gasteiger charge is -2.36. The highest BCUT2D eigenvalue weighted by atomic mass is 16.7. The maximum Gasteiger partial charge on any atom is 0.288 e. The summed E-state index contributed by atoms with van der Waals surface area (Å²) in [5.74, 6) is 1.81. The van der Waals surface area contributed by atoms with E-state index in [1.807, 2.05) is 47.4 Å². The second-order valence-electron chi connectivity index (χ2n) is 12.7. The van der Waals surface area contributed by atoms with Crippen molar-refractivity contribution in [2.75, 3.05) is 33.0 Å². The van der Waals surface area contributed by atoms with Crippen LogP contribution in [-0.4, -0.2) is 60.1 Å². The number of allylic oxidation sites excluding steroid dienone is 1. The number of hydrogen-bond acceptors (Lipinski definition) is 7. The van der Waals surface area contributed by atoms with Gasteiger partial charge >= 0.3 is 0 Å². The van der Waals surface area contributed by atoms with Crippen molar-refractivity contribution in [3.8, 4) is 22.6 Å². The van der Waals surface area contributed by atoms with Crippen molar-refractivity contribution in [1.29, 1.82) is 0 Å². The number of amides is 1. The normalized spacial score (nSPS) is 19.9.